The number of rotatable bonds is 4. The number of para-hydroxylation sites is 2. The molecule has 0 radical (unpaired) electrons. The number of carbonyl (C=O) groups excluding carboxylic acids is 2. The fourth-order valence-corrected chi connectivity index (χ4v) is 4.20. The molecule has 0 aromatic heterocycles. The number of fused-ring (bicyclic) bond motifs is 1. The van der Waals surface area contributed by atoms with Crippen molar-refractivity contribution in [3.8, 4) is 5.75 Å². The Morgan fingerprint density at radius 1 is 1.15 bits per heavy atom. The second kappa shape index (κ2) is 6.80. The smallest absolute Gasteiger partial charge is 0.347 e. The van der Waals surface area contributed by atoms with Gasteiger partial charge in [0.05, 0.1) is 17.2 Å². The van der Waals surface area contributed by atoms with E-state index in [1.54, 1.807) is 31.2 Å². The molecule has 0 amide bonds. The summed E-state index contributed by atoms with van der Waals surface area (Å²) in [6.07, 6.45) is 0. The molecule has 0 bridgehead atoms. The maximum Gasteiger partial charge on any atom is 0.347 e. The Hall–Kier alpha value is -2.87. The molecular formula is C18H17NO6S. The summed E-state index contributed by atoms with van der Waals surface area (Å²) in [6, 6.07) is 10.5. The van der Waals surface area contributed by atoms with Gasteiger partial charge in [0.1, 0.15) is 0 Å². The molecule has 1 aliphatic heterocycles. The van der Waals surface area contributed by atoms with Crippen LogP contribution in [0, 0.1) is 6.92 Å². The van der Waals surface area contributed by atoms with E-state index in [9.17, 15) is 18.0 Å². The van der Waals surface area contributed by atoms with Crippen molar-refractivity contribution < 1.29 is 27.5 Å². The Bertz CT molecular complexity index is 952. The third-order valence-corrected chi connectivity index (χ3v) is 5.65. The monoisotopic (exact) mass is 375 g/mol. The molecule has 3 rings (SSSR count). The van der Waals surface area contributed by atoms with E-state index >= 15 is 0 Å². The Kier molecular flexibility index (Phi) is 4.69. The Morgan fingerprint density at radius 3 is 2.46 bits per heavy atom. The van der Waals surface area contributed by atoms with Crippen LogP contribution in [0.5, 0.6) is 5.75 Å². The molecule has 2 aromatic rings. The molecule has 0 saturated heterocycles. The molecule has 7 nitrogen and oxygen atoms in total. The van der Waals surface area contributed by atoms with E-state index in [0.29, 0.717) is 0 Å². The minimum Gasteiger partial charge on any atom is -0.464 e. The van der Waals surface area contributed by atoms with Gasteiger partial charge in [-0.15, -0.1) is 0 Å². The Labute approximate surface area is 151 Å². The van der Waals surface area contributed by atoms with Gasteiger partial charge in [-0.3, -0.25) is 0 Å². The number of aryl methyl sites for hydroxylation is 1. The van der Waals surface area contributed by atoms with E-state index in [0.717, 1.165) is 9.87 Å². The molecule has 2 aromatic carbocycles. The zero-order chi connectivity index (χ0) is 18.9. The predicted octanol–water partition coefficient (Wildman–Crippen LogP) is 2.04. The van der Waals surface area contributed by atoms with E-state index in [4.69, 9.17) is 9.47 Å². The van der Waals surface area contributed by atoms with E-state index < -0.39 is 28.0 Å². The van der Waals surface area contributed by atoms with Crippen LogP contribution in [-0.2, 0) is 24.3 Å². The van der Waals surface area contributed by atoms with Crippen molar-refractivity contribution in [1.29, 1.82) is 0 Å². The van der Waals surface area contributed by atoms with Crippen LogP contribution in [-0.4, -0.2) is 33.0 Å². The average molecular weight is 375 g/mol. The normalized spacial score (nSPS) is 16.6. The molecule has 1 heterocycles. The average Bonchev–Trinajstić information content (AvgIpc) is 2.61. The van der Waals surface area contributed by atoms with Gasteiger partial charge in [0.25, 0.3) is 10.0 Å². The van der Waals surface area contributed by atoms with Crippen LogP contribution >= 0.6 is 0 Å². The number of anilines is 1. The summed E-state index contributed by atoms with van der Waals surface area (Å²) < 4.78 is 37.3. The van der Waals surface area contributed by atoms with Crippen molar-refractivity contribution in [2.24, 2.45) is 0 Å². The summed E-state index contributed by atoms with van der Waals surface area (Å²) >= 11 is 0. The van der Waals surface area contributed by atoms with Crippen LogP contribution in [0.2, 0.25) is 0 Å². The van der Waals surface area contributed by atoms with Gasteiger partial charge in [-0.25, -0.2) is 22.3 Å². The van der Waals surface area contributed by atoms with Gasteiger partial charge in [0, 0.05) is 0 Å². The maximum absolute atomic E-state index is 13.2. The topological polar surface area (TPSA) is 90.0 Å². The SMILES string of the molecule is CCOC(=O)C1C(=O)Oc2ccccc2N1S(=O)(=O)c1ccc(C)cc1. The van der Waals surface area contributed by atoms with Gasteiger partial charge in [-0.1, -0.05) is 29.8 Å². The standard InChI is InChI=1S/C18H17NO6S/c1-3-24-17(20)16-18(21)25-15-7-5-4-6-14(15)19(16)26(22,23)13-10-8-12(2)9-11-13/h4-11,16H,3H2,1-2H3. The lowest BCUT2D eigenvalue weighted by molar-refractivity contribution is -0.152. The largest absolute Gasteiger partial charge is 0.464 e. The van der Waals surface area contributed by atoms with E-state index in [2.05, 4.69) is 0 Å². The van der Waals surface area contributed by atoms with Crippen molar-refractivity contribution in [1.82, 2.24) is 0 Å². The summed E-state index contributed by atoms with van der Waals surface area (Å²) in [6.45, 7) is 3.40. The first-order chi connectivity index (χ1) is 12.4. The highest BCUT2D eigenvalue weighted by Crippen LogP contribution is 2.38. The Morgan fingerprint density at radius 2 is 1.81 bits per heavy atom. The van der Waals surface area contributed by atoms with Crippen molar-refractivity contribution in [3.63, 3.8) is 0 Å². The summed E-state index contributed by atoms with van der Waals surface area (Å²) in [5.74, 6) is -1.92. The van der Waals surface area contributed by atoms with Crippen molar-refractivity contribution in [2.45, 2.75) is 24.8 Å². The molecule has 0 aliphatic carbocycles. The van der Waals surface area contributed by atoms with Crippen LogP contribution in [0.4, 0.5) is 5.69 Å². The molecular weight excluding hydrogens is 358 g/mol. The number of hydrogen-bond acceptors (Lipinski definition) is 6. The lowest BCUT2D eigenvalue weighted by Gasteiger charge is -2.34. The number of sulfonamides is 1. The second-order valence-electron chi connectivity index (χ2n) is 5.66. The third-order valence-electron chi connectivity index (χ3n) is 3.86. The third kappa shape index (κ3) is 3.03. The van der Waals surface area contributed by atoms with Gasteiger partial charge in [0.15, 0.2) is 5.75 Å². The number of nitrogens with zero attached hydrogens (tertiary/aromatic N) is 1. The van der Waals surface area contributed by atoms with E-state index in [1.807, 2.05) is 6.92 Å². The van der Waals surface area contributed by atoms with Gasteiger partial charge >= 0.3 is 11.9 Å². The van der Waals surface area contributed by atoms with Crippen LogP contribution in [0.1, 0.15) is 12.5 Å². The van der Waals surface area contributed by atoms with Crippen molar-refractivity contribution in [2.75, 3.05) is 10.9 Å². The molecule has 1 unspecified atom stereocenters. The fourth-order valence-electron chi connectivity index (χ4n) is 2.63. The number of benzene rings is 2. The van der Waals surface area contributed by atoms with E-state index in [-0.39, 0.29) is 22.9 Å². The first-order valence-corrected chi connectivity index (χ1v) is 9.38. The lowest BCUT2D eigenvalue weighted by atomic mass is 10.2. The summed E-state index contributed by atoms with van der Waals surface area (Å²) in [5.41, 5.74) is 0.982. The molecule has 0 spiro atoms. The molecule has 0 N–H and O–H groups in total. The van der Waals surface area contributed by atoms with Crippen LogP contribution in [0.3, 0.4) is 0 Å². The number of carbonyl (C=O) groups is 2. The minimum absolute atomic E-state index is 0.00266. The van der Waals surface area contributed by atoms with E-state index in [1.165, 1.54) is 24.3 Å². The minimum atomic E-state index is -4.21. The molecule has 8 heteroatoms. The van der Waals surface area contributed by atoms with Crippen LogP contribution < -0.4 is 9.04 Å². The fraction of sp³-hybridized carbons (Fsp3) is 0.222. The van der Waals surface area contributed by atoms with Crippen molar-refractivity contribution >= 4 is 27.6 Å². The first-order valence-electron chi connectivity index (χ1n) is 7.94. The lowest BCUT2D eigenvalue weighted by Crippen LogP contribution is -2.54. The molecule has 1 atom stereocenters. The highest BCUT2D eigenvalue weighted by atomic mass is 32.2. The predicted molar refractivity (Wildman–Crippen MR) is 93.3 cm³/mol. The highest BCUT2D eigenvalue weighted by Gasteiger charge is 2.47. The number of hydrogen-bond donors (Lipinski definition) is 0. The van der Waals surface area contributed by atoms with Crippen LogP contribution in [0.25, 0.3) is 0 Å². The van der Waals surface area contributed by atoms with Gasteiger partial charge in [-0.05, 0) is 38.1 Å². The second-order valence-corrected chi connectivity index (χ2v) is 7.47. The Balaban J connectivity index is 2.19. The molecule has 0 fully saturated rings. The molecule has 26 heavy (non-hydrogen) atoms. The summed E-state index contributed by atoms with van der Waals surface area (Å²) in [4.78, 5) is 24.7. The highest BCUT2D eigenvalue weighted by molar-refractivity contribution is 7.93. The molecule has 0 saturated carbocycles. The maximum atomic E-state index is 13.2. The number of ether oxygens (including phenoxy) is 2. The molecule has 1 aliphatic rings. The summed E-state index contributed by atoms with van der Waals surface area (Å²) in [5, 5.41) is 0. The van der Waals surface area contributed by atoms with Gasteiger partial charge in [-0.2, -0.15) is 0 Å². The molecule has 136 valence electrons. The van der Waals surface area contributed by atoms with Crippen LogP contribution in [0.15, 0.2) is 53.4 Å². The zero-order valence-corrected chi connectivity index (χ0v) is 15.0. The quantitative estimate of drug-likeness (QED) is 0.461. The summed E-state index contributed by atoms with van der Waals surface area (Å²) in [7, 11) is -4.21. The first kappa shape index (κ1) is 17.9. The number of esters is 2. The zero-order valence-electron chi connectivity index (χ0n) is 14.2. The van der Waals surface area contributed by atoms with Crippen molar-refractivity contribution in [3.05, 3.63) is 54.1 Å². The van der Waals surface area contributed by atoms with Gasteiger partial charge < -0.3 is 9.47 Å². The van der Waals surface area contributed by atoms with Gasteiger partial charge in [0.2, 0.25) is 6.04 Å².